The summed E-state index contributed by atoms with van der Waals surface area (Å²) in [5, 5.41) is 2.92. The molecule has 0 heterocycles. The third-order valence-corrected chi connectivity index (χ3v) is 5.56. The first-order valence-corrected chi connectivity index (χ1v) is 7.99. The van der Waals surface area contributed by atoms with Crippen LogP contribution in [0, 0.1) is 5.92 Å². The Bertz CT molecular complexity index is 273. The lowest BCUT2D eigenvalue weighted by Crippen LogP contribution is -2.43. The summed E-state index contributed by atoms with van der Waals surface area (Å²) in [5.41, 5.74) is 0. The fourth-order valence-corrected chi connectivity index (χ4v) is 4.66. The zero-order valence-corrected chi connectivity index (χ0v) is 12.1. The Kier molecular flexibility index (Phi) is 7.24. The molecule has 2 atom stereocenters. The van der Waals surface area contributed by atoms with Crippen LogP contribution in [0.3, 0.4) is 0 Å². The number of hydrogen-bond donors (Lipinski definition) is 1. The van der Waals surface area contributed by atoms with Crippen molar-refractivity contribution in [3.05, 3.63) is 0 Å². The average Bonchev–Trinajstić information content (AvgIpc) is 2.15. The summed E-state index contributed by atoms with van der Waals surface area (Å²) in [4.78, 5) is 0. The molecule has 0 saturated carbocycles. The van der Waals surface area contributed by atoms with E-state index in [1.165, 1.54) is 0 Å². The van der Waals surface area contributed by atoms with Gasteiger partial charge in [-0.25, -0.2) is 8.42 Å². The van der Waals surface area contributed by atoms with Crippen LogP contribution in [-0.2, 0) is 9.84 Å². The Morgan fingerprint density at radius 2 is 1.75 bits per heavy atom. The number of sulfone groups is 1. The second-order valence-electron chi connectivity index (χ2n) is 4.85. The lowest BCUT2D eigenvalue weighted by Gasteiger charge is -2.26. The molecule has 0 aliphatic heterocycles. The zero-order chi connectivity index (χ0) is 12.8. The summed E-state index contributed by atoms with van der Waals surface area (Å²) in [7, 11) is -1.11. The van der Waals surface area contributed by atoms with E-state index >= 15 is 0 Å². The predicted molar refractivity (Wildman–Crippen MR) is 70.5 cm³/mol. The van der Waals surface area contributed by atoms with Crippen molar-refractivity contribution < 1.29 is 8.42 Å². The molecule has 0 spiro atoms. The molecule has 98 valence electrons. The quantitative estimate of drug-likeness (QED) is 0.717. The van der Waals surface area contributed by atoms with Gasteiger partial charge in [0, 0.05) is 6.04 Å². The predicted octanol–water partition coefficient (Wildman–Crippen LogP) is 2.22. The van der Waals surface area contributed by atoms with Crippen LogP contribution in [-0.4, -0.2) is 32.5 Å². The minimum absolute atomic E-state index is 0.0961. The van der Waals surface area contributed by atoms with Crippen molar-refractivity contribution in [2.75, 3.05) is 12.8 Å². The molecule has 3 nitrogen and oxygen atoms in total. The topological polar surface area (TPSA) is 46.2 Å². The standard InChI is InChI=1S/C12H27NO2S/c1-6-8-11(13-5)12(7-2)16(14,15)9-10(3)4/h10-13H,6-9H2,1-5H3. The van der Waals surface area contributed by atoms with Gasteiger partial charge in [-0.1, -0.05) is 34.1 Å². The van der Waals surface area contributed by atoms with E-state index in [-0.39, 0.29) is 17.2 Å². The maximum atomic E-state index is 12.2. The minimum atomic E-state index is -2.97. The molecule has 0 aromatic rings. The third-order valence-electron chi connectivity index (χ3n) is 2.85. The van der Waals surface area contributed by atoms with Crippen molar-refractivity contribution in [1.29, 1.82) is 0 Å². The van der Waals surface area contributed by atoms with E-state index in [0.717, 1.165) is 12.8 Å². The van der Waals surface area contributed by atoms with Crippen LogP contribution in [0.15, 0.2) is 0 Å². The Labute approximate surface area is 101 Å². The highest BCUT2D eigenvalue weighted by Crippen LogP contribution is 2.17. The monoisotopic (exact) mass is 249 g/mol. The van der Waals surface area contributed by atoms with E-state index in [9.17, 15) is 8.42 Å². The van der Waals surface area contributed by atoms with Crippen LogP contribution in [0.25, 0.3) is 0 Å². The minimum Gasteiger partial charge on any atom is -0.316 e. The molecule has 0 bridgehead atoms. The highest BCUT2D eigenvalue weighted by Gasteiger charge is 2.30. The fourth-order valence-electron chi connectivity index (χ4n) is 2.20. The maximum absolute atomic E-state index is 12.2. The summed E-state index contributed by atoms with van der Waals surface area (Å²) in [6.07, 6.45) is 2.63. The molecule has 0 aliphatic rings. The molecule has 0 fully saturated rings. The molecular formula is C12H27NO2S. The van der Waals surface area contributed by atoms with Gasteiger partial charge < -0.3 is 5.32 Å². The van der Waals surface area contributed by atoms with E-state index in [1.54, 1.807) is 0 Å². The fraction of sp³-hybridized carbons (Fsp3) is 1.00. The lowest BCUT2D eigenvalue weighted by atomic mass is 10.1. The van der Waals surface area contributed by atoms with E-state index in [2.05, 4.69) is 12.2 Å². The lowest BCUT2D eigenvalue weighted by molar-refractivity contribution is 0.461. The molecule has 1 N–H and O–H groups in total. The van der Waals surface area contributed by atoms with Gasteiger partial charge in [0.2, 0.25) is 0 Å². The Morgan fingerprint density at radius 3 is 2.06 bits per heavy atom. The molecule has 0 amide bonds. The van der Waals surface area contributed by atoms with Gasteiger partial charge in [0.15, 0.2) is 9.84 Å². The van der Waals surface area contributed by atoms with Gasteiger partial charge in [-0.3, -0.25) is 0 Å². The highest BCUT2D eigenvalue weighted by molar-refractivity contribution is 7.92. The smallest absolute Gasteiger partial charge is 0.154 e. The molecular weight excluding hydrogens is 222 g/mol. The number of rotatable bonds is 8. The molecule has 16 heavy (non-hydrogen) atoms. The number of hydrogen-bond acceptors (Lipinski definition) is 3. The van der Waals surface area contributed by atoms with Gasteiger partial charge >= 0.3 is 0 Å². The summed E-state index contributed by atoms with van der Waals surface area (Å²) >= 11 is 0. The first-order valence-electron chi connectivity index (χ1n) is 6.27. The van der Waals surface area contributed by atoms with E-state index in [0.29, 0.717) is 12.2 Å². The molecule has 0 radical (unpaired) electrons. The van der Waals surface area contributed by atoms with Crippen molar-refractivity contribution >= 4 is 9.84 Å². The summed E-state index contributed by atoms with van der Waals surface area (Å²) in [5.74, 6) is 0.506. The van der Waals surface area contributed by atoms with Gasteiger partial charge in [-0.2, -0.15) is 0 Å². The van der Waals surface area contributed by atoms with Crippen molar-refractivity contribution in [2.45, 2.75) is 58.2 Å². The average molecular weight is 249 g/mol. The molecule has 0 aromatic carbocycles. The Balaban J connectivity index is 4.81. The molecule has 0 aliphatic carbocycles. The van der Waals surface area contributed by atoms with Crippen molar-refractivity contribution in [1.82, 2.24) is 5.32 Å². The summed E-state index contributed by atoms with van der Waals surface area (Å²) in [6.45, 7) is 7.96. The van der Waals surface area contributed by atoms with E-state index in [4.69, 9.17) is 0 Å². The zero-order valence-electron chi connectivity index (χ0n) is 11.3. The maximum Gasteiger partial charge on any atom is 0.154 e. The largest absolute Gasteiger partial charge is 0.316 e. The molecule has 0 rings (SSSR count). The van der Waals surface area contributed by atoms with Crippen molar-refractivity contribution in [3.63, 3.8) is 0 Å². The van der Waals surface area contributed by atoms with Crippen molar-refractivity contribution in [2.24, 2.45) is 5.92 Å². The molecule has 0 saturated heterocycles. The van der Waals surface area contributed by atoms with Gasteiger partial charge in [0.05, 0.1) is 11.0 Å². The van der Waals surface area contributed by atoms with Gasteiger partial charge in [-0.15, -0.1) is 0 Å². The first-order chi connectivity index (χ1) is 7.38. The second kappa shape index (κ2) is 7.28. The van der Waals surface area contributed by atoms with Crippen LogP contribution in [0.1, 0.15) is 47.0 Å². The van der Waals surface area contributed by atoms with Gasteiger partial charge in [0.25, 0.3) is 0 Å². The van der Waals surface area contributed by atoms with E-state index < -0.39 is 9.84 Å². The first kappa shape index (κ1) is 15.9. The molecule has 0 aromatic heterocycles. The normalized spacial score (nSPS) is 16.4. The van der Waals surface area contributed by atoms with Crippen molar-refractivity contribution in [3.8, 4) is 0 Å². The Morgan fingerprint density at radius 1 is 1.19 bits per heavy atom. The second-order valence-corrected chi connectivity index (χ2v) is 7.12. The van der Waals surface area contributed by atoms with Crippen LogP contribution in [0.5, 0.6) is 0 Å². The van der Waals surface area contributed by atoms with Gasteiger partial charge in [-0.05, 0) is 25.8 Å². The SMILES string of the molecule is CCCC(NC)C(CC)S(=O)(=O)CC(C)C. The molecule has 2 unspecified atom stereocenters. The Hall–Kier alpha value is -0.0900. The van der Waals surface area contributed by atoms with Crippen LogP contribution >= 0.6 is 0 Å². The van der Waals surface area contributed by atoms with Gasteiger partial charge in [0.1, 0.15) is 0 Å². The van der Waals surface area contributed by atoms with Crippen LogP contribution in [0.4, 0.5) is 0 Å². The van der Waals surface area contributed by atoms with Crippen LogP contribution in [0.2, 0.25) is 0 Å². The number of nitrogens with one attached hydrogen (secondary N) is 1. The third kappa shape index (κ3) is 4.83. The molecule has 4 heteroatoms. The summed E-state index contributed by atoms with van der Waals surface area (Å²) < 4.78 is 24.4. The van der Waals surface area contributed by atoms with E-state index in [1.807, 2.05) is 27.8 Å². The summed E-state index contributed by atoms with van der Waals surface area (Å²) in [6, 6.07) is 0.0961. The van der Waals surface area contributed by atoms with Crippen LogP contribution < -0.4 is 5.32 Å². The highest BCUT2D eigenvalue weighted by atomic mass is 32.2.